The molecule has 4 aliphatic carbocycles. The average molecular weight is 539 g/mol. The number of aromatic hydroxyl groups is 1. The van der Waals surface area contributed by atoms with Gasteiger partial charge in [0.15, 0.2) is 0 Å². The number of aliphatic hydroxyl groups excluding tert-OH is 1. The highest BCUT2D eigenvalue weighted by atomic mass is 16.5. The lowest BCUT2D eigenvalue weighted by Gasteiger charge is -2.65. The van der Waals surface area contributed by atoms with Gasteiger partial charge in [0.1, 0.15) is 12.4 Å². The topological polar surface area (TPSA) is 149 Å². The number of phenolic OH excluding ortho intramolecular Hbond substituents is 1. The smallest absolute Gasteiger partial charge is 0.331 e. The molecule has 1 heterocycles. The van der Waals surface area contributed by atoms with Crippen molar-refractivity contribution in [2.24, 2.45) is 33.7 Å². The minimum atomic E-state index is -1.20. The normalized spacial score (nSPS) is 43.3. The Morgan fingerprint density at radius 1 is 1.05 bits per heavy atom. The van der Waals surface area contributed by atoms with E-state index in [0.717, 1.165) is 24.8 Å². The summed E-state index contributed by atoms with van der Waals surface area (Å²) in [4.78, 5) is 24.5. The van der Waals surface area contributed by atoms with E-state index in [2.05, 4.69) is 17.5 Å². The molecule has 5 N–H and O–H groups in total. The number of ether oxygens (including phenoxy) is 1. The molecule has 8 atom stereocenters. The third kappa shape index (κ3) is 3.88. The van der Waals surface area contributed by atoms with Crippen molar-refractivity contribution in [3.05, 3.63) is 41.5 Å². The van der Waals surface area contributed by atoms with Gasteiger partial charge in [-0.15, -0.1) is 0 Å². The van der Waals surface area contributed by atoms with Gasteiger partial charge in [-0.3, -0.25) is 4.79 Å². The number of hydrogen-bond acceptors (Lipinski definition) is 8. The standard InChI is InChI=1S/C30H38N2O7/c1-27-10-7-23-24(30(27,38)13-9-22(27)19-14-25(35)39-16-19)8-12-29(37)15-21(34)6-11-28(23,29)17-31-32-26(36)18-2-4-20(33)5-3-18/h2-5,14,17,21-24,33-34,37-38H,6-13,15-16H2,1H3,(H,32,36)/t21-,22?,23+,24-,27?,28?,29?,30?/m1/s1. The number of cyclic esters (lactones) is 1. The lowest BCUT2D eigenvalue weighted by molar-refractivity contribution is -0.237. The molecule has 1 aliphatic heterocycles. The summed E-state index contributed by atoms with van der Waals surface area (Å²) in [5, 5.41) is 49.0. The zero-order chi connectivity index (χ0) is 27.6. The van der Waals surface area contributed by atoms with Crippen LogP contribution in [-0.4, -0.2) is 62.4 Å². The predicted molar refractivity (Wildman–Crippen MR) is 142 cm³/mol. The van der Waals surface area contributed by atoms with Crippen LogP contribution in [0.2, 0.25) is 0 Å². The zero-order valence-corrected chi connectivity index (χ0v) is 22.3. The monoisotopic (exact) mass is 538 g/mol. The van der Waals surface area contributed by atoms with Crippen molar-refractivity contribution in [3.8, 4) is 5.75 Å². The molecular weight excluding hydrogens is 500 g/mol. The Morgan fingerprint density at radius 2 is 1.79 bits per heavy atom. The van der Waals surface area contributed by atoms with E-state index in [9.17, 15) is 30.0 Å². The number of rotatable bonds is 4. The molecule has 0 saturated heterocycles. The van der Waals surface area contributed by atoms with Gasteiger partial charge in [0.05, 0.1) is 17.3 Å². The molecule has 9 nitrogen and oxygen atoms in total. The van der Waals surface area contributed by atoms with Crippen LogP contribution in [0.4, 0.5) is 0 Å². The van der Waals surface area contributed by atoms with Crippen molar-refractivity contribution < 1.29 is 34.8 Å². The van der Waals surface area contributed by atoms with Gasteiger partial charge in [-0.1, -0.05) is 6.92 Å². The van der Waals surface area contributed by atoms with E-state index in [-0.39, 0.29) is 42.5 Å². The average Bonchev–Trinajstić information content (AvgIpc) is 3.44. The maximum Gasteiger partial charge on any atom is 0.331 e. The summed E-state index contributed by atoms with van der Waals surface area (Å²) in [6.07, 6.45) is 7.89. The summed E-state index contributed by atoms with van der Waals surface area (Å²) < 4.78 is 5.22. The lowest BCUT2D eigenvalue weighted by atomic mass is 9.41. The van der Waals surface area contributed by atoms with Crippen LogP contribution in [0, 0.1) is 28.6 Å². The van der Waals surface area contributed by atoms with E-state index < -0.39 is 34.0 Å². The van der Waals surface area contributed by atoms with Crippen molar-refractivity contribution >= 4 is 18.1 Å². The number of benzene rings is 1. The van der Waals surface area contributed by atoms with E-state index in [1.807, 2.05) is 0 Å². The summed E-state index contributed by atoms with van der Waals surface area (Å²) in [5.41, 5.74) is 0.516. The van der Waals surface area contributed by atoms with Crippen molar-refractivity contribution in [1.29, 1.82) is 0 Å². The minimum Gasteiger partial charge on any atom is -0.508 e. The fourth-order valence-corrected chi connectivity index (χ4v) is 9.24. The van der Waals surface area contributed by atoms with Crippen LogP contribution < -0.4 is 5.43 Å². The molecule has 1 amide bonds. The Kier molecular flexibility index (Phi) is 6.21. The molecule has 6 rings (SSSR count). The van der Waals surface area contributed by atoms with Gasteiger partial charge in [-0.2, -0.15) is 5.10 Å². The second-order valence-corrected chi connectivity index (χ2v) is 12.8. The first-order valence-electron chi connectivity index (χ1n) is 14.1. The molecule has 0 spiro atoms. The maximum atomic E-state index is 12.7. The third-order valence-electron chi connectivity index (χ3n) is 11.2. The maximum absolute atomic E-state index is 12.7. The Hall–Kier alpha value is -2.75. The Morgan fingerprint density at radius 3 is 2.51 bits per heavy atom. The molecule has 39 heavy (non-hydrogen) atoms. The lowest BCUT2D eigenvalue weighted by Crippen LogP contribution is -2.68. The predicted octanol–water partition coefficient (Wildman–Crippen LogP) is 2.82. The van der Waals surface area contributed by atoms with E-state index in [1.54, 1.807) is 12.3 Å². The number of amides is 1. The van der Waals surface area contributed by atoms with Crippen LogP contribution >= 0.6 is 0 Å². The Labute approximate surface area is 228 Å². The second-order valence-electron chi connectivity index (χ2n) is 12.8. The molecule has 5 aliphatic rings. The van der Waals surface area contributed by atoms with Gasteiger partial charge < -0.3 is 25.2 Å². The molecule has 0 bridgehead atoms. The number of hydrogen-bond donors (Lipinski definition) is 5. The molecule has 5 unspecified atom stereocenters. The van der Waals surface area contributed by atoms with Crippen LogP contribution in [0.3, 0.4) is 0 Å². The van der Waals surface area contributed by atoms with Crippen LogP contribution in [0.1, 0.15) is 75.1 Å². The highest BCUT2D eigenvalue weighted by Gasteiger charge is 2.71. The van der Waals surface area contributed by atoms with Crippen LogP contribution in [0.15, 0.2) is 41.0 Å². The summed E-state index contributed by atoms with van der Waals surface area (Å²) >= 11 is 0. The van der Waals surface area contributed by atoms with E-state index in [1.165, 1.54) is 24.3 Å². The fourth-order valence-electron chi connectivity index (χ4n) is 9.24. The first kappa shape index (κ1) is 26.5. The molecule has 0 radical (unpaired) electrons. The Bertz CT molecular complexity index is 1230. The van der Waals surface area contributed by atoms with E-state index >= 15 is 0 Å². The minimum absolute atomic E-state index is 0.0627. The molecule has 9 heteroatoms. The SMILES string of the molecule is CC12CC[C@H]3[C@@H](CCC4(O)C[C@H](O)CCC34C=NNC(=O)c3ccc(O)cc3)C1(O)CCC2C1=CC(=O)OC1. The number of esters is 1. The molecule has 1 aromatic rings. The number of carbonyl (C=O) groups is 2. The number of nitrogens with one attached hydrogen (secondary N) is 1. The zero-order valence-electron chi connectivity index (χ0n) is 22.3. The van der Waals surface area contributed by atoms with Crippen LogP contribution in [0.5, 0.6) is 5.75 Å². The van der Waals surface area contributed by atoms with Crippen LogP contribution in [0.25, 0.3) is 0 Å². The number of carbonyl (C=O) groups excluding carboxylic acids is 2. The highest BCUT2D eigenvalue weighted by Crippen LogP contribution is 2.70. The number of hydrazone groups is 1. The molecule has 4 saturated carbocycles. The van der Waals surface area contributed by atoms with Crippen molar-refractivity contribution in [2.75, 3.05) is 6.61 Å². The second kappa shape index (κ2) is 9.14. The van der Waals surface area contributed by atoms with Gasteiger partial charge >= 0.3 is 5.97 Å². The number of nitrogens with zero attached hydrogens (tertiary/aromatic N) is 1. The molecule has 210 valence electrons. The first-order valence-corrected chi connectivity index (χ1v) is 14.1. The summed E-state index contributed by atoms with van der Waals surface area (Å²) in [6.45, 7) is 2.44. The van der Waals surface area contributed by atoms with E-state index in [0.29, 0.717) is 37.7 Å². The van der Waals surface area contributed by atoms with Gasteiger partial charge in [-0.25, -0.2) is 10.2 Å². The van der Waals surface area contributed by atoms with E-state index in [4.69, 9.17) is 4.74 Å². The van der Waals surface area contributed by atoms with Gasteiger partial charge in [-0.05, 0) is 99.0 Å². The summed E-state index contributed by atoms with van der Waals surface area (Å²) in [5.74, 6) is -0.777. The van der Waals surface area contributed by atoms with Crippen molar-refractivity contribution in [2.45, 2.75) is 82.0 Å². The fraction of sp³-hybridized carbons (Fsp3) is 0.633. The third-order valence-corrected chi connectivity index (χ3v) is 11.2. The van der Waals surface area contributed by atoms with Crippen molar-refractivity contribution in [1.82, 2.24) is 5.43 Å². The summed E-state index contributed by atoms with van der Waals surface area (Å²) in [7, 11) is 0. The summed E-state index contributed by atoms with van der Waals surface area (Å²) in [6, 6.07) is 5.88. The molecule has 4 fully saturated rings. The van der Waals surface area contributed by atoms with Gasteiger partial charge in [0.2, 0.25) is 0 Å². The highest BCUT2D eigenvalue weighted by molar-refractivity contribution is 5.94. The quantitative estimate of drug-likeness (QED) is 0.225. The molecule has 1 aromatic carbocycles. The molecule has 0 aromatic heterocycles. The first-order chi connectivity index (χ1) is 18.5. The largest absolute Gasteiger partial charge is 0.508 e. The number of aliphatic hydroxyl groups is 3. The number of fused-ring (bicyclic) bond motifs is 5. The Balaban J connectivity index is 1.32. The van der Waals surface area contributed by atoms with Gasteiger partial charge in [0.25, 0.3) is 5.91 Å². The number of phenols is 1. The van der Waals surface area contributed by atoms with Gasteiger partial charge in [0, 0.05) is 35.1 Å². The molecular formula is C30H38N2O7. The van der Waals surface area contributed by atoms with Crippen LogP contribution in [-0.2, 0) is 9.53 Å². The van der Waals surface area contributed by atoms with Crippen molar-refractivity contribution in [3.63, 3.8) is 0 Å².